The van der Waals surface area contributed by atoms with E-state index >= 15 is 0 Å². The number of fused-ring (bicyclic) bond motifs is 1. The van der Waals surface area contributed by atoms with Gasteiger partial charge in [0.2, 0.25) is 0 Å². The lowest BCUT2D eigenvalue weighted by Gasteiger charge is -2.24. The third kappa shape index (κ3) is 6.75. The zero-order chi connectivity index (χ0) is 28.1. The molecule has 39 heavy (non-hydrogen) atoms. The highest BCUT2D eigenvalue weighted by atomic mass is 19.1. The number of benzene rings is 2. The number of carboxylic acid groups (broad SMARTS) is 1. The number of carbonyl (C=O) groups is 2. The summed E-state index contributed by atoms with van der Waals surface area (Å²) in [7, 11) is 0. The van der Waals surface area contributed by atoms with Gasteiger partial charge in [-0.15, -0.1) is 0 Å². The van der Waals surface area contributed by atoms with Crippen LogP contribution in [-0.4, -0.2) is 55.4 Å². The maximum absolute atomic E-state index is 14.1. The van der Waals surface area contributed by atoms with E-state index in [9.17, 15) is 24.2 Å². The molecule has 1 amide bonds. The minimum Gasteiger partial charge on any atom is -0.481 e. The molecule has 0 aliphatic carbocycles. The van der Waals surface area contributed by atoms with Crippen molar-refractivity contribution >= 4 is 11.9 Å². The van der Waals surface area contributed by atoms with Gasteiger partial charge in [0, 0.05) is 30.4 Å². The van der Waals surface area contributed by atoms with Crippen molar-refractivity contribution in [3.05, 3.63) is 82.9 Å². The Hall–Kier alpha value is -3.49. The maximum atomic E-state index is 14.1. The fourth-order valence-corrected chi connectivity index (χ4v) is 5.61. The van der Waals surface area contributed by atoms with E-state index in [2.05, 4.69) is 4.57 Å². The number of nitrogens with zero attached hydrogens (tertiary/aromatic N) is 2. The van der Waals surface area contributed by atoms with E-state index in [0.29, 0.717) is 31.6 Å². The number of carbonyl (C=O) groups excluding carboxylic acids is 1. The summed E-state index contributed by atoms with van der Waals surface area (Å²) in [5.41, 5.74) is 5.21. The van der Waals surface area contributed by atoms with Gasteiger partial charge in [-0.05, 0) is 74.8 Å². The van der Waals surface area contributed by atoms with Crippen LogP contribution in [0.15, 0.2) is 54.6 Å². The summed E-state index contributed by atoms with van der Waals surface area (Å²) in [6, 6.07) is 16.1. The van der Waals surface area contributed by atoms with E-state index in [1.54, 1.807) is 12.1 Å². The molecule has 0 saturated carbocycles. The Morgan fingerprint density at radius 1 is 1.03 bits per heavy atom. The monoisotopic (exact) mass is 536 g/mol. The second kappa shape index (κ2) is 12.6. The topological polar surface area (TPSA) is 103 Å². The van der Waals surface area contributed by atoms with E-state index < -0.39 is 24.6 Å². The molecule has 0 unspecified atom stereocenters. The Balaban J connectivity index is 1.75. The second-order valence-corrected chi connectivity index (χ2v) is 10.6. The number of aromatic nitrogens is 1. The first-order chi connectivity index (χ1) is 18.7. The summed E-state index contributed by atoms with van der Waals surface area (Å²) < 4.78 is 15.9. The molecular weight excluding hydrogens is 499 g/mol. The average molecular weight is 537 g/mol. The van der Waals surface area contributed by atoms with Gasteiger partial charge in [0.1, 0.15) is 11.5 Å². The molecule has 1 aliphatic heterocycles. The van der Waals surface area contributed by atoms with Gasteiger partial charge in [-0.2, -0.15) is 0 Å². The predicted octanol–water partition coefficient (Wildman–Crippen LogP) is 4.98. The first-order valence-electron chi connectivity index (χ1n) is 13.6. The molecule has 3 N–H and O–H groups in total. The molecule has 0 bridgehead atoms. The lowest BCUT2D eigenvalue weighted by Crippen LogP contribution is -2.32. The summed E-state index contributed by atoms with van der Waals surface area (Å²) in [6.07, 6.45) is -0.383. The van der Waals surface area contributed by atoms with Crippen molar-refractivity contribution in [2.24, 2.45) is 0 Å². The Morgan fingerprint density at radius 2 is 1.72 bits per heavy atom. The van der Waals surface area contributed by atoms with Crippen molar-refractivity contribution in [1.29, 1.82) is 0 Å². The largest absolute Gasteiger partial charge is 0.481 e. The molecule has 4 rings (SSSR count). The molecule has 2 aromatic carbocycles. The number of aliphatic carboxylic acids is 1. The SMILES string of the molecule is CC(C)n1c(CC[C@@H](O)C[C@@H](O)CC(=O)O)c(-c2ccc(F)cc2)c2c1C(=O)N(Cc1ccccc1)CCC2. The zero-order valence-corrected chi connectivity index (χ0v) is 22.5. The summed E-state index contributed by atoms with van der Waals surface area (Å²) in [5, 5.41) is 29.6. The molecule has 1 aliphatic rings. The third-order valence-electron chi connectivity index (χ3n) is 7.29. The lowest BCUT2D eigenvalue weighted by atomic mass is 9.94. The molecule has 1 aromatic heterocycles. The molecular formula is C31H37FN2O5. The summed E-state index contributed by atoms with van der Waals surface area (Å²) >= 11 is 0. The molecule has 0 saturated heterocycles. The van der Waals surface area contributed by atoms with E-state index in [-0.39, 0.29) is 30.6 Å². The molecule has 0 radical (unpaired) electrons. The summed E-state index contributed by atoms with van der Waals surface area (Å²) in [4.78, 5) is 26.9. The highest BCUT2D eigenvalue weighted by Gasteiger charge is 2.33. The van der Waals surface area contributed by atoms with Crippen LogP contribution in [0, 0.1) is 5.82 Å². The zero-order valence-electron chi connectivity index (χ0n) is 22.5. The van der Waals surface area contributed by atoms with Gasteiger partial charge in [-0.1, -0.05) is 42.5 Å². The van der Waals surface area contributed by atoms with Crippen LogP contribution in [0.4, 0.5) is 4.39 Å². The van der Waals surface area contributed by atoms with Crippen molar-refractivity contribution in [3.8, 4) is 11.1 Å². The van der Waals surface area contributed by atoms with Gasteiger partial charge >= 0.3 is 5.97 Å². The Bertz CT molecular complexity index is 1290. The Kier molecular flexibility index (Phi) is 9.20. The summed E-state index contributed by atoms with van der Waals surface area (Å²) in [6.45, 7) is 5.17. The van der Waals surface area contributed by atoms with Gasteiger partial charge < -0.3 is 24.8 Å². The molecule has 7 nitrogen and oxygen atoms in total. The van der Waals surface area contributed by atoms with Crippen LogP contribution in [0.2, 0.25) is 0 Å². The number of hydrogen-bond acceptors (Lipinski definition) is 4. The highest BCUT2D eigenvalue weighted by molar-refractivity contribution is 5.98. The molecule has 2 atom stereocenters. The van der Waals surface area contributed by atoms with Gasteiger partial charge in [0.25, 0.3) is 5.91 Å². The highest BCUT2D eigenvalue weighted by Crippen LogP contribution is 2.39. The first-order valence-corrected chi connectivity index (χ1v) is 13.6. The smallest absolute Gasteiger partial charge is 0.305 e. The third-order valence-corrected chi connectivity index (χ3v) is 7.29. The number of amides is 1. The minimum atomic E-state index is -1.14. The molecule has 208 valence electrons. The van der Waals surface area contributed by atoms with Gasteiger partial charge in [-0.3, -0.25) is 9.59 Å². The van der Waals surface area contributed by atoms with Crippen molar-refractivity contribution in [1.82, 2.24) is 9.47 Å². The van der Waals surface area contributed by atoms with Crippen molar-refractivity contribution in [2.45, 2.75) is 77.2 Å². The van der Waals surface area contributed by atoms with Crippen LogP contribution >= 0.6 is 0 Å². The fraction of sp³-hybridized carbons (Fsp3) is 0.419. The van der Waals surface area contributed by atoms with E-state index in [1.165, 1.54) is 12.1 Å². The Morgan fingerprint density at radius 3 is 2.36 bits per heavy atom. The van der Waals surface area contributed by atoms with E-state index in [1.807, 2.05) is 49.1 Å². The number of carboxylic acids is 1. The normalized spacial score (nSPS) is 15.2. The lowest BCUT2D eigenvalue weighted by molar-refractivity contribution is -0.139. The molecule has 0 fully saturated rings. The maximum Gasteiger partial charge on any atom is 0.305 e. The quantitative estimate of drug-likeness (QED) is 0.321. The average Bonchev–Trinajstić information content (AvgIpc) is 3.13. The van der Waals surface area contributed by atoms with Crippen LogP contribution in [0.1, 0.15) is 72.9 Å². The summed E-state index contributed by atoms with van der Waals surface area (Å²) in [5.74, 6) is -1.51. The van der Waals surface area contributed by atoms with E-state index in [4.69, 9.17) is 5.11 Å². The van der Waals surface area contributed by atoms with Crippen LogP contribution < -0.4 is 0 Å². The van der Waals surface area contributed by atoms with Crippen LogP contribution in [0.3, 0.4) is 0 Å². The number of rotatable bonds is 11. The fourth-order valence-electron chi connectivity index (χ4n) is 5.61. The first kappa shape index (κ1) is 28.5. The minimum absolute atomic E-state index is 0.0490. The number of halogens is 1. The van der Waals surface area contributed by atoms with Gasteiger partial charge in [-0.25, -0.2) is 4.39 Å². The van der Waals surface area contributed by atoms with Crippen molar-refractivity contribution in [3.63, 3.8) is 0 Å². The van der Waals surface area contributed by atoms with Crippen LogP contribution in [-0.2, 0) is 24.2 Å². The number of aliphatic hydroxyl groups is 2. The van der Waals surface area contributed by atoms with Crippen LogP contribution in [0.5, 0.6) is 0 Å². The molecule has 8 heteroatoms. The second-order valence-electron chi connectivity index (χ2n) is 10.6. The van der Waals surface area contributed by atoms with Crippen molar-refractivity contribution < 1.29 is 29.3 Å². The number of hydrogen-bond donors (Lipinski definition) is 3. The van der Waals surface area contributed by atoms with Crippen LogP contribution in [0.25, 0.3) is 11.1 Å². The van der Waals surface area contributed by atoms with E-state index in [0.717, 1.165) is 34.4 Å². The molecule has 2 heterocycles. The Labute approximate surface area is 228 Å². The van der Waals surface area contributed by atoms with Gasteiger partial charge in [0.05, 0.1) is 18.6 Å². The van der Waals surface area contributed by atoms with Gasteiger partial charge in [0.15, 0.2) is 0 Å². The standard InChI is InChI=1S/C31H37FN2O5/c1-20(2)34-27(15-14-24(35)17-25(36)18-28(37)38)29(22-10-12-23(32)13-11-22)26-9-6-16-33(31(39)30(26)34)19-21-7-4-3-5-8-21/h3-5,7-8,10-13,20,24-25,35-36H,6,9,14-19H2,1-2H3,(H,37,38)/t24-,25-/m1/s1. The molecule has 0 spiro atoms. The predicted molar refractivity (Wildman–Crippen MR) is 147 cm³/mol. The molecule has 3 aromatic rings. The van der Waals surface area contributed by atoms with Crippen molar-refractivity contribution in [2.75, 3.05) is 6.54 Å². The number of aliphatic hydroxyl groups excluding tert-OH is 2.